The minimum absolute atomic E-state index is 0.0391. The van der Waals surface area contributed by atoms with Gasteiger partial charge in [-0.3, -0.25) is 4.79 Å². The summed E-state index contributed by atoms with van der Waals surface area (Å²) in [5.41, 5.74) is 0.296. The number of Topliss-reactive ketones (excluding diaryl/α,β-unsaturated/α-hetero) is 1. The molecule has 0 fully saturated rings. The number of aromatic nitrogens is 1. The summed E-state index contributed by atoms with van der Waals surface area (Å²) in [6, 6.07) is 1.64. The minimum atomic E-state index is -1.42. The molecule has 0 saturated carbocycles. The Bertz CT molecular complexity index is 823. The van der Waals surface area contributed by atoms with Crippen molar-refractivity contribution in [3.05, 3.63) is 39.6 Å². The first-order valence-electron chi connectivity index (χ1n) is 8.29. The topological polar surface area (TPSA) is 114 Å². The van der Waals surface area contributed by atoms with Crippen LogP contribution < -0.4 is 0 Å². The van der Waals surface area contributed by atoms with Crippen molar-refractivity contribution in [2.24, 2.45) is 5.92 Å². The van der Waals surface area contributed by atoms with E-state index in [1.807, 2.05) is 13.8 Å². The molecule has 1 aromatic heterocycles. The molecule has 7 nitrogen and oxygen atoms in total. The van der Waals surface area contributed by atoms with Crippen molar-refractivity contribution >= 4 is 17.2 Å². The molecule has 0 aromatic carbocycles. The molecule has 2 heterocycles. The van der Waals surface area contributed by atoms with Gasteiger partial charge in [0.2, 0.25) is 0 Å². The Kier molecular flexibility index (Phi) is 4.06. The van der Waals surface area contributed by atoms with Crippen molar-refractivity contribution in [3.63, 3.8) is 0 Å². The molecule has 1 aliphatic heterocycles. The summed E-state index contributed by atoms with van der Waals surface area (Å²) in [7, 11) is 0. The molecule has 0 spiro atoms. The van der Waals surface area contributed by atoms with Crippen LogP contribution in [0.5, 0.6) is 0 Å². The Labute approximate surface area is 145 Å². The summed E-state index contributed by atoms with van der Waals surface area (Å²) in [5.74, 6) is -0.119. The fourth-order valence-corrected chi connectivity index (χ4v) is 3.25. The van der Waals surface area contributed by atoms with Gasteiger partial charge in [-0.1, -0.05) is 18.8 Å². The molecule has 1 aromatic rings. The molecular weight excluding hydrogens is 324 g/mol. The van der Waals surface area contributed by atoms with Crippen molar-refractivity contribution < 1.29 is 24.9 Å². The lowest BCUT2D eigenvalue weighted by Gasteiger charge is -2.27. The molecule has 3 rings (SSSR count). The average molecular weight is 347 g/mol. The number of nitroso groups, excluding NO2 is 1. The molecular formula is C18H23N2O5+. The molecule has 4 N–H and O–H groups in total. The number of hydrogen-bond donors (Lipinski definition) is 4. The lowest BCUT2D eigenvalue weighted by Crippen LogP contribution is -2.38. The second kappa shape index (κ2) is 5.72. The van der Waals surface area contributed by atoms with Crippen LogP contribution in [0.2, 0.25) is 0 Å². The van der Waals surface area contributed by atoms with Crippen LogP contribution in [0.1, 0.15) is 51.5 Å². The second-order valence-corrected chi connectivity index (χ2v) is 7.61. The third kappa shape index (κ3) is 2.78. The number of hydrogen-bond acceptors (Lipinski definition) is 5. The van der Waals surface area contributed by atoms with Gasteiger partial charge >= 0.3 is 5.82 Å². The number of ketones is 1. The number of H-pyrrole nitrogens is 1. The van der Waals surface area contributed by atoms with E-state index in [1.54, 1.807) is 6.07 Å². The number of nitrogens with zero attached hydrogens (tertiary/aromatic N) is 1. The van der Waals surface area contributed by atoms with Crippen LogP contribution in [0, 0.1) is 10.8 Å². The number of aliphatic hydroxyl groups is 3. The molecule has 1 aliphatic carbocycles. The summed E-state index contributed by atoms with van der Waals surface area (Å²) in [6.07, 6.45) is -0.593. The lowest BCUT2D eigenvalue weighted by molar-refractivity contribution is -0.400. The number of aliphatic hydroxyl groups excluding tert-OH is 2. The molecule has 0 bridgehead atoms. The van der Waals surface area contributed by atoms with Crippen LogP contribution in [-0.2, 0) is 4.79 Å². The smallest absolute Gasteiger partial charge is 0.333 e. The van der Waals surface area contributed by atoms with E-state index in [-0.39, 0.29) is 35.2 Å². The van der Waals surface area contributed by atoms with Crippen molar-refractivity contribution in [1.82, 2.24) is 4.98 Å². The highest BCUT2D eigenvalue weighted by Gasteiger charge is 2.44. The van der Waals surface area contributed by atoms with Crippen LogP contribution in [0.4, 0.5) is 5.82 Å². The molecule has 0 unspecified atom stereocenters. The molecule has 2 atom stereocenters. The molecule has 7 heteroatoms. The number of aromatic amines is 1. The third-order valence-corrected chi connectivity index (χ3v) is 4.70. The van der Waals surface area contributed by atoms with E-state index in [9.17, 15) is 25.0 Å². The SMILES string of the molecule is CC(C)[C@@H](O)c1cc2c([nH]1)[N+](=O)C1=C2C(=O)CC([C@@H](O)C(C)(C)O)=C1. The fourth-order valence-electron chi connectivity index (χ4n) is 3.25. The van der Waals surface area contributed by atoms with Gasteiger partial charge in [0.25, 0.3) is 0 Å². The van der Waals surface area contributed by atoms with Gasteiger partial charge in [0.1, 0.15) is 17.9 Å². The molecule has 0 amide bonds. The summed E-state index contributed by atoms with van der Waals surface area (Å²) < 4.78 is 0.607. The van der Waals surface area contributed by atoms with Crippen LogP contribution >= 0.6 is 0 Å². The minimum Gasteiger partial charge on any atom is -0.387 e. The van der Waals surface area contributed by atoms with E-state index in [0.29, 0.717) is 21.6 Å². The van der Waals surface area contributed by atoms with Crippen LogP contribution in [0.3, 0.4) is 0 Å². The first kappa shape index (κ1) is 17.7. The summed E-state index contributed by atoms with van der Waals surface area (Å²) >= 11 is 0. The zero-order valence-corrected chi connectivity index (χ0v) is 14.7. The van der Waals surface area contributed by atoms with Gasteiger partial charge in [-0.05, 0) is 37.5 Å². The van der Waals surface area contributed by atoms with Crippen LogP contribution in [-0.4, -0.2) is 42.6 Å². The number of allylic oxidation sites excluding steroid dienone is 2. The van der Waals surface area contributed by atoms with E-state index in [2.05, 4.69) is 4.98 Å². The van der Waals surface area contributed by atoms with E-state index in [4.69, 9.17) is 0 Å². The number of carbonyl (C=O) groups excluding carboxylic acids is 1. The van der Waals surface area contributed by atoms with Crippen molar-refractivity contribution in [2.45, 2.75) is 51.9 Å². The highest BCUT2D eigenvalue weighted by Crippen LogP contribution is 2.44. The van der Waals surface area contributed by atoms with E-state index in [1.165, 1.54) is 19.9 Å². The van der Waals surface area contributed by atoms with Gasteiger partial charge < -0.3 is 15.3 Å². The van der Waals surface area contributed by atoms with E-state index < -0.39 is 17.8 Å². The molecule has 0 saturated heterocycles. The van der Waals surface area contributed by atoms with Crippen molar-refractivity contribution in [1.29, 1.82) is 0 Å². The predicted octanol–water partition coefficient (Wildman–Crippen LogP) is 1.87. The molecule has 2 aliphatic rings. The third-order valence-electron chi connectivity index (χ3n) is 4.70. The van der Waals surface area contributed by atoms with Gasteiger partial charge in [-0.25, -0.2) is 4.98 Å². The van der Waals surface area contributed by atoms with Crippen LogP contribution in [0.25, 0.3) is 5.57 Å². The maximum atomic E-state index is 12.6. The highest BCUT2D eigenvalue weighted by molar-refractivity contribution is 6.25. The van der Waals surface area contributed by atoms with Crippen LogP contribution in [0.15, 0.2) is 23.4 Å². The average Bonchev–Trinajstić information content (AvgIpc) is 3.04. The Hall–Kier alpha value is -2.09. The quantitative estimate of drug-likeness (QED) is 0.621. The lowest BCUT2D eigenvalue weighted by atomic mass is 9.85. The van der Waals surface area contributed by atoms with Gasteiger partial charge in [-0.2, -0.15) is 0 Å². The Morgan fingerprint density at radius 3 is 2.48 bits per heavy atom. The number of fused-ring (bicyclic) bond motifs is 2. The van der Waals surface area contributed by atoms with Crippen molar-refractivity contribution in [2.75, 3.05) is 0 Å². The number of nitrogens with one attached hydrogen (secondary N) is 1. The first-order chi connectivity index (χ1) is 11.5. The van der Waals surface area contributed by atoms with Gasteiger partial charge in [0.15, 0.2) is 11.5 Å². The largest absolute Gasteiger partial charge is 0.387 e. The number of carbonyl (C=O) groups is 1. The van der Waals surface area contributed by atoms with E-state index >= 15 is 0 Å². The molecule has 0 radical (unpaired) electrons. The normalized spacial score (nSPS) is 19.9. The summed E-state index contributed by atoms with van der Waals surface area (Å²) in [6.45, 7) is 6.60. The standard InChI is InChI=1S/C18H23N2O5/c1-8(2)15(22)11-7-10-14-12(20(25)17(10)19-11)5-9(6-13(14)21)16(23)18(3,4)24/h5,7-8,15-16,19,22-24H,6H2,1-4H3/q+1/t15-,16-/m1/s1. The maximum absolute atomic E-state index is 12.6. The Balaban J connectivity index is 2.05. The maximum Gasteiger partial charge on any atom is 0.333 e. The number of rotatable bonds is 4. The zero-order valence-electron chi connectivity index (χ0n) is 14.7. The molecule has 25 heavy (non-hydrogen) atoms. The van der Waals surface area contributed by atoms with E-state index in [0.717, 1.165) is 0 Å². The van der Waals surface area contributed by atoms with Gasteiger partial charge in [0.05, 0.1) is 16.7 Å². The fraction of sp³-hybridized carbons (Fsp3) is 0.500. The zero-order chi connectivity index (χ0) is 18.7. The summed E-state index contributed by atoms with van der Waals surface area (Å²) in [5, 5.41) is 30.4. The van der Waals surface area contributed by atoms with Gasteiger partial charge in [0, 0.05) is 11.2 Å². The van der Waals surface area contributed by atoms with Crippen molar-refractivity contribution in [3.8, 4) is 0 Å². The second-order valence-electron chi connectivity index (χ2n) is 7.61. The Morgan fingerprint density at radius 1 is 1.28 bits per heavy atom. The van der Waals surface area contributed by atoms with Gasteiger partial charge in [-0.15, -0.1) is 0 Å². The highest BCUT2D eigenvalue weighted by atomic mass is 16.3. The monoisotopic (exact) mass is 347 g/mol. The predicted molar refractivity (Wildman–Crippen MR) is 90.8 cm³/mol. The summed E-state index contributed by atoms with van der Waals surface area (Å²) in [4.78, 5) is 28.1. The first-order valence-corrected chi connectivity index (χ1v) is 8.29. The Morgan fingerprint density at radius 2 is 1.92 bits per heavy atom. The molecule has 134 valence electrons.